The van der Waals surface area contributed by atoms with Gasteiger partial charge in [-0.15, -0.1) is 0 Å². The van der Waals surface area contributed by atoms with Crippen LogP contribution in [0.1, 0.15) is 18.9 Å². The number of rotatable bonds is 0. The highest BCUT2D eigenvalue weighted by molar-refractivity contribution is 6.30. The van der Waals surface area contributed by atoms with Crippen LogP contribution in [0.3, 0.4) is 0 Å². The predicted octanol–water partition coefficient (Wildman–Crippen LogP) is 2.26. The lowest BCUT2D eigenvalue weighted by Gasteiger charge is -2.23. The first kappa shape index (κ1) is 10.9. The largest absolute Gasteiger partial charge is 0.384 e. The summed E-state index contributed by atoms with van der Waals surface area (Å²) in [5.74, 6) is 0.164. The Balaban J connectivity index is 1.98. The predicted molar refractivity (Wildman–Crippen MR) is 68.5 cm³/mol. The monoisotopic (exact) mass is 250 g/mol. The number of halogens is 1. The molecule has 1 fully saturated rings. The third kappa shape index (κ3) is 1.61. The molecule has 0 aromatic heterocycles. The minimum Gasteiger partial charge on any atom is -0.384 e. The summed E-state index contributed by atoms with van der Waals surface area (Å²) < 4.78 is 0. The van der Waals surface area contributed by atoms with Gasteiger partial charge in [0.15, 0.2) is 0 Å². The second kappa shape index (κ2) is 3.64. The quantitative estimate of drug-likeness (QED) is 0.766. The average Bonchev–Trinajstić information content (AvgIpc) is 2.86. The number of fused-ring (bicyclic) bond motifs is 2. The lowest BCUT2D eigenvalue weighted by Crippen LogP contribution is -2.34. The van der Waals surface area contributed by atoms with E-state index in [1.54, 1.807) is 6.92 Å². The normalized spacial score (nSPS) is 26.1. The summed E-state index contributed by atoms with van der Waals surface area (Å²) in [6, 6.07) is 5.98. The zero-order chi connectivity index (χ0) is 12.0. The molecule has 2 aliphatic heterocycles. The van der Waals surface area contributed by atoms with E-state index in [1.807, 2.05) is 23.1 Å². The van der Waals surface area contributed by atoms with E-state index in [0.29, 0.717) is 0 Å². The van der Waals surface area contributed by atoms with Gasteiger partial charge in [-0.25, -0.2) is 0 Å². The zero-order valence-corrected chi connectivity index (χ0v) is 10.5. The van der Waals surface area contributed by atoms with Crippen molar-refractivity contribution in [1.82, 2.24) is 4.90 Å². The van der Waals surface area contributed by atoms with Crippen LogP contribution in [0.15, 0.2) is 18.2 Å². The molecule has 1 atom stereocenters. The molecule has 0 aliphatic carbocycles. The minimum absolute atomic E-state index is 0.0753. The molecule has 3 nitrogen and oxygen atoms in total. The van der Waals surface area contributed by atoms with Gasteiger partial charge < -0.3 is 10.2 Å². The summed E-state index contributed by atoms with van der Waals surface area (Å²) in [7, 11) is 0. The maximum absolute atomic E-state index is 11.4. The third-order valence-corrected chi connectivity index (χ3v) is 4.20. The van der Waals surface area contributed by atoms with Gasteiger partial charge in [0, 0.05) is 42.7 Å². The molecular weight excluding hydrogens is 236 g/mol. The van der Waals surface area contributed by atoms with Gasteiger partial charge in [0.2, 0.25) is 5.91 Å². The first-order valence-electron chi connectivity index (χ1n) is 5.90. The third-order valence-electron chi connectivity index (χ3n) is 3.97. The molecule has 1 aromatic rings. The topological polar surface area (TPSA) is 32.3 Å². The zero-order valence-electron chi connectivity index (χ0n) is 9.79. The fraction of sp³-hybridized carbons (Fsp3) is 0.462. The fourth-order valence-corrected chi connectivity index (χ4v) is 3.15. The smallest absolute Gasteiger partial charge is 0.219 e. The molecule has 2 aliphatic rings. The highest BCUT2D eigenvalue weighted by Gasteiger charge is 2.45. The molecule has 4 heteroatoms. The Morgan fingerprint density at radius 2 is 2.35 bits per heavy atom. The second-order valence-electron chi connectivity index (χ2n) is 5.01. The lowest BCUT2D eigenvalue weighted by molar-refractivity contribution is -0.127. The molecule has 1 aromatic carbocycles. The van der Waals surface area contributed by atoms with E-state index in [4.69, 9.17) is 11.6 Å². The summed E-state index contributed by atoms with van der Waals surface area (Å²) in [5.41, 5.74) is 2.51. The standard InChI is InChI=1S/C13H15ClN2O/c1-9(17)16-5-4-13(8-16)7-15-12-3-2-10(14)6-11(12)13/h2-3,6,15H,4-5,7-8H2,1H3. The first-order chi connectivity index (χ1) is 8.11. The van der Waals surface area contributed by atoms with E-state index in [1.165, 1.54) is 11.3 Å². The molecule has 2 heterocycles. The highest BCUT2D eigenvalue weighted by atomic mass is 35.5. The number of nitrogens with zero attached hydrogens (tertiary/aromatic N) is 1. The van der Waals surface area contributed by atoms with Crippen molar-refractivity contribution in [2.75, 3.05) is 25.0 Å². The molecule has 1 unspecified atom stereocenters. The molecule has 17 heavy (non-hydrogen) atoms. The van der Waals surface area contributed by atoms with Crippen LogP contribution < -0.4 is 5.32 Å². The molecule has 90 valence electrons. The Morgan fingerprint density at radius 3 is 3.06 bits per heavy atom. The van der Waals surface area contributed by atoms with Gasteiger partial charge in [0.05, 0.1) is 0 Å². The van der Waals surface area contributed by atoms with E-state index in [2.05, 4.69) is 5.32 Å². The maximum atomic E-state index is 11.4. The Labute approximate surface area is 106 Å². The van der Waals surface area contributed by atoms with Gasteiger partial charge in [-0.05, 0) is 30.2 Å². The fourth-order valence-electron chi connectivity index (χ4n) is 2.97. The molecule has 0 saturated carbocycles. The van der Waals surface area contributed by atoms with Crippen LogP contribution in [0.4, 0.5) is 5.69 Å². The van der Waals surface area contributed by atoms with Crippen LogP contribution in [0, 0.1) is 0 Å². The molecule has 1 saturated heterocycles. The molecule has 0 radical (unpaired) electrons. The van der Waals surface area contributed by atoms with E-state index < -0.39 is 0 Å². The number of amides is 1. The molecule has 1 spiro atoms. The van der Waals surface area contributed by atoms with E-state index in [0.717, 1.165) is 31.1 Å². The number of hydrogen-bond donors (Lipinski definition) is 1. The molecule has 3 rings (SSSR count). The van der Waals surface area contributed by atoms with Crippen LogP contribution in [-0.2, 0) is 10.2 Å². The summed E-state index contributed by atoms with van der Waals surface area (Å²) >= 11 is 6.08. The summed E-state index contributed by atoms with van der Waals surface area (Å²) in [6.07, 6.45) is 1.02. The van der Waals surface area contributed by atoms with E-state index in [9.17, 15) is 4.79 Å². The highest BCUT2D eigenvalue weighted by Crippen LogP contribution is 2.44. The Morgan fingerprint density at radius 1 is 1.53 bits per heavy atom. The first-order valence-corrected chi connectivity index (χ1v) is 6.28. The van der Waals surface area contributed by atoms with Crippen molar-refractivity contribution in [3.05, 3.63) is 28.8 Å². The molecule has 0 bridgehead atoms. The van der Waals surface area contributed by atoms with Crippen LogP contribution >= 0.6 is 11.6 Å². The second-order valence-corrected chi connectivity index (χ2v) is 5.45. The van der Waals surface area contributed by atoms with Crippen molar-refractivity contribution in [1.29, 1.82) is 0 Å². The maximum Gasteiger partial charge on any atom is 0.219 e. The van der Waals surface area contributed by atoms with Crippen molar-refractivity contribution < 1.29 is 4.79 Å². The van der Waals surface area contributed by atoms with E-state index in [-0.39, 0.29) is 11.3 Å². The van der Waals surface area contributed by atoms with Crippen LogP contribution in [0.2, 0.25) is 5.02 Å². The van der Waals surface area contributed by atoms with Gasteiger partial charge in [0.1, 0.15) is 0 Å². The van der Waals surface area contributed by atoms with Crippen LogP contribution in [-0.4, -0.2) is 30.4 Å². The number of nitrogens with one attached hydrogen (secondary N) is 1. The van der Waals surface area contributed by atoms with Gasteiger partial charge in [-0.1, -0.05) is 11.6 Å². The van der Waals surface area contributed by atoms with Gasteiger partial charge in [0.25, 0.3) is 0 Å². The summed E-state index contributed by atoms with van der Waals surface area (Å²) in [6.45, 7) is 4.21. The Bertz CT molecular complexity index is 488. The van der Waals surface area contributed by atoms with Crippen LogP contribution in [0.5, 0.6) is 0 Å². The number of anilines is 1. The number of hydrogen-bond acceptors (Lipinski definition) is 2. The summed E-state index contributed by atoms with van der Waals surface area (Å²) in [4.78, 5) is 13.4. The lowest BCUT2D eigenvalue weighted by atomic mass is 9.82. The molecule has 1 N–H and O–H groups in total. The number of likely N-dealkylation sites (tertiary alicyclic amines) is 1. The summed E-state index contributed by atoms with van der Waals surface area (Å²) in [5, 5.41) is 4.19. The molecular formula is C13H15ClN2O. The van der Waals surface area contributed by atoms with Crippen molar-refractivity contribution in [2.45, 2.75) is 18.8 Å². The minimum atomic E-state index is 0.0753. The Kier molecular flexibility index (Phi) is 2.33. The van der Waals surface area contributed by atoms with Crippen LogP contribution in [0.25, 0.3) is 0 Å². The van der Waals surface area contributed by atoms with Crippen molar-refractivity contribution >= 4 is 23.2 Å². The van der Waals surface area contributed by atoms with Gasteiger partial charge in [-0.2, -0.15) is 0 Å². The van der Waals surface area contributed by atoms with Crippen molar-refractivity contribution in [3.63, 3.8) is 0 Å². The van der Waals surface area contributed by atoms with Gasteiger partial charge in [-0.3, -0.25) is 4.79 Å². The number of carbonyl (C=O) groups is 1. The van der Waals surface area contributed by atoms with E-state index >= 15 is 0 Å². The Hall–Kier alpha value is -1.22. The number of carbonyl (C=O) groups excluding carboxylic acids is 1. The molecule has 1 amide bonds. The van der Waals surface area contributed by atoms with Crippen molar-refractivity contribution in [2.24, 2.45) is 0 Å². The number of benzene rings is 1. The SMILES string of the molecule is CC(=O)N1CCC2(CNc3ccc(Cl)cc32)C1. The average molecular weight is 251 g/mol. The van der Waals surface area contributed by atoms with Gasteiger partial charge >= 0.3 is 0 Å². The van der Waals surface area contributed by atoms with Crippen molar-refractivity contribution in [3.8, 4) is 0 Å².